The summed E-state index contributed by atoms with van der Waals surface area (Å²) in [6.45, 7) is 2.58. The van der Waals surface area contributed by atoms with Crippen LogP contribution in [0.3, 0.4) is 0 Å². The van der Waals surface area contributed by atoms with E-state index < -0.39 is 15.4 Å². The lowest BCUT2D eigenvalue weighted by molar-refractivity contribution is -0.153. The highest BCUT2D eigenvalue weighted by molar-refractivity contribution is 7.89. The third-order valence-electron chi connectivity index (χ3n) is 6.43. The van der Waals surface area contributed by atoms with Crippen molar-refractivity contribution in [1.29, 1.82) is 0 Å². The first-order valence-corrected chi connectivity index (χ1v) is 12.7. The molecule has 0 unspecified atom stereocenters. The Kier molecular flexibility index (Phi) is 7.05. The predicted molar refractivity (Wildman–Crippen MR) is 130 cm³/mol. The van der Waals surface area contributed by atoms with Gasteiger partial charge in [-0.3, -0.25) is 4.79 Å². The van der Waals surface area contributed by atoms with Crippen molar-refractivity contribution in [3.8, 4) is 5.75 Å². The van der Waals surface area contributed by atoms with E-state index in [1.165, 1.54) is 11.4 Å². The average molecular weight is 480 g/mol. The molecule has 4 rings (SSSR count). The number of carbonyl (C=O) groups is 1. The van der Waals surface area contributed by atoms with Gasteiger partial charge in [0.15, 0.2) is 0 Å². The summed E-state index contributed by atoms with van der Waals surface area (Å²) < 4.78 is 39.2. The summed E-state index contributed by atoms with van der Waals surface area (Å²) in [6.07, 6.45) is 0.663. The summed E-state index contributed by atoms with van der Waals surface area (Å²) in [5.41, 5.74) is 1.96. The van der Waals surface area contributed by atoms with E-state index in [0.29, 0.717) is 18.6 Å². The number of para-hydroxylation sites is 1. The van der Waals surface area contributed by atoms with Crippen molar-refractivity contribution in [3.05, 3.63) is 95.6 Å². The van der Waals surface area contributed by atoms with Crippen LogP contribution < -0.4 is 4.74 Å². The van der Waals surface area contributed by atoms with Crippen LogP contribution >= 0.6 is 0 Å². The van der Waals surface area contributed by atoms with Crippen molar-refractivity contribution < 1.29 is 22.7 Å². The van der Waals surface area contributed by atoms with Gasteiger partial charge < -0.3 is 9.47 Å². The van der Waals surface area contributed by atoms with Crippen molar-refractivity contribution >= 4 is 16.0 Å². The largest absolute Gasteiger partial charge is 0.495 e. The van der Waals surface area contributed by atoms with E-state index in [4.69, 9.17) is 9.47 Å². The third-order valence-corrected chi connectivity index (χ3v) is 8.37. The van der Waals surface area contributed by atoms with Crippen molar-refractivity contribution in [3.63, 3.8) is 0 Å². The summed E-state index contributed by atoms with van der Waals surface area (Å²) in [6, 6.07) is 24.0. The van der Waals surface area contributed by atoms with Crippen molar-refractivity contribution in [2.75, 3.05) is 20.2 Å². The minimum Gasteiger partial charge on any atom is -0.495 e. The first-order chi connectivity index (χ1) is 16.4. The minimum atomic E-state index is -3.77. The Labute approximate surface area is 201 Å². The number of sulfonamides is 1. The third kappa shape index (κ3) is 4.72. The van der Waals surface area contributed by atoms with Crippen molar-refractivity contribution in [2.24, 2.45) is 0 Å². The summed E-state index contributed by atoms with van der Waals surface area (Å²) in [7, 11) is -2.31. The zero-order valence-corrected chi connectivity index (χ0v) is 20.3. The fourth-order valence-corrected chi connectivity index (χ4v) is 6.13. The van der Waals surface area contributed by atoms with Crippen LogP contribution in [0, 0.1) is 6.92 Å². The van der Waals surface area contributed by atoms with Crippen LogP contribution in [0.2, 0.25) is 0 Å². The second-order valence-electron chi connectivity index (χ2n) is 8.57. The number of methoxy groups -OCH3 is 1. The molecule has 0 saturated carbocycles. The molecule has 34 heavy (non-hydrogen) atoms. The zero-order valence-electron chi connectivity index (χ0n) is 19.4. The van der Waals surface area contributed by atoms with Crippen LogP contribution in [0.5, 0.6) is 5.75 Å². The first-order valence-electron chi connectivity index (χ1n) is 11.3. The Balaban J connectivity index is 1.57. The van der Waals surface area contributed by atoms with Crippen LogP contribution in [-0.2, 0) is 31.6 Å². The molecule has 1 aliphatic heterocycles. The van der Waals surface area contributed by atoms with Crippen LogP contribution in [0.25, 0.3) is 0 Å². The smallest absolute Gasteiger partial charge is 0.316 e. The van der Waals surface area contributed by atoms with E-state index in [0.717, 1.165) is 16.7 Å². The molecule has 178 valence electrons. The molecule has 1 fully saturated rings. The number of rotatable bonds is 7. The molecule has 3 aromatic carbocycles. The van der Waals surface area contributed by atoms with Crippen LogP contribution in [0.1, 0.15) is 29.5 Å². The second kappa shape index (κ2) is 9.99. The molecule has 0 bridgehead atoms. The molecule has 1 aliphatic rings. The van der Waals surface area contributed by atoms with Gasteiger partial charge in [-0.2, -0.15) is 4.31 Å². The number of hydrogen-bond acceptors (Lipinski definition) is 5. The van der Waals surface area contributed by atoms with Gasteiger partial charge in [-0.1, -0.05) is 72.3 Å². The molecule has 0 atom stereocenters. The van der Waals surface area contributed by atoms with Gasteiger partial charge in [0.2, 0.25) is 10.0 Å². The minimum absolute atomic E-state index is 0.131. The zero-order chi connectivity index (χ0) is 24.2. The standard InChI is InChI=1S/C27H29NO5S/c1-21-9-8-10-22(19-21)20-33-26(29)27(23-11-4-3-5-12-23)15-17-28(18-16-27)34(30,31)25-14-7-6-13-24(25)32-2/h3-14,19H,15-18,20H2,1-2H3. The van der Waals surface area contributed by atoms with E-state index in [1.54, 1.807) is 24.3 Å². The summed E-state index contributed by atoms with van der Waals surface area (Å²) in [5, 5.41) is 0. The van der Waals surface area contributed by atoms with Gasteiger partial charge >= 0.3 is 5.97 Å². The fourth-order valence-electron chi connectivity index (χ4n) is 4.54. The molecule has 7 heteroatoms. The van der Waals surface area contributed by atoms with E-state index in [1.807, 2.05) is 61.5 Å². The number of hydrogen-bond donors (Lipinski definition) is 0. The van der Waals surface area contributed by atoms with E-state index in [9.17, 15) is 13.2 Å². The highest BCUT2D eigenvalue weighted by atomic mass is 32.2. The van der Waals surface area contributed by atoms with E-state index >= 15 is 0 Å². The summed E-state index contributed by atoms with van der Waals surface area (Å²) >= 11 is 0. The molecule has 0 aromatic heterocycles. The van der Waals surface area contributed by atoms with Gasteiger partial charge in [-0.05, 0) is 43.0 Å². The quantitative estimate of drug-likeness (QED) is 0.468. The van der Waals surface area contributed by atoms with Crippen LogP contribution in [-0.4, -0.2) is 38.9 Å². The van der Waals surface area contributed by atoms with Gasteiger partial charge in [0.05, 0.1) is 12.5 Å². The molecule has 0 spiro atoms. The van der Waals surface area contributed by atoms with Crippen molar-refractivity contribution in [2.45, 2.75) is 36.7 Å². The Morgan fingerprint density at radius 1 is 0.941 bits per heavy atom. The molecule has 1 saturated heterocycles. The number of benzene rings is 3. The fraction of sp³-hybridized carbons (Fsp3) is 0.296. The molecule has 1 heterocycles. The molecule has 0 N–H and O–H groups in total. The molecular formula is C27H29NO5S. The van der Waals surface area contributed by atoms with Gasteiger partial charge in [0.25, 0.3) is 0 Å². The number of piperidine rings is 1. The Morgan fingerprint density at radius 3 is 2.29 bits per heavy atom. The lowest BCUT2D eigenvalue weighted by Gasteiger charge is -2.39. The van der Waals surface area contributed by atoms with Crippen LogP contribution in [0.15, 0.2) is 83.8 Å². The number of carbonyl (C=O) groups excluding carboxylic acids is 1. The summed E-state index contributed by atoms with van der Waals surface area (Å²) in [5.74, 6) is -0.0190. The number of aryl methyl sites for hydroxylation is 1. The predicted octanol–water partition coefficient (Wildman–Crippen LogP) is 4.47. The molecule has 3 aromatic rings. The first kappa shape index (κ1) is 24.0. The topological polar surface area (TPSA) is 72.9 Å². The Morgan fingerprint density at radius 2 is 1.62 bits per heavy atom. The monoisotopic (exact) mass is 479 g/mol. The maximum absolute atomic E-state index is 13.5. The highest BCUT2D eigenvalue weighted by Crippen LogP contribution is 2.39. The number of ether oxygens (including phenoxy) is 2. The number of nitrogens with zero attached hydrogens (tertiary/aromatic N) is 1. The lowest BCUT2D eigenvalue weighted by Crippen LogP contribution is -2.49. The lowest BCUT2D eigenvalue weighted by atomic mass is 9.73. The van der Waals surface area contributed by atoms with Gasteiger partial charge in [0, 0.05) is 13.1 Å². The van der Waals surface area contributed by atoms with Gasteiger partial charge in [-0.25, -0.2) is 8.42 Å². The molecule has 0 amide bonds. The molecule has 0 aliphatic carbocycles. The highest BCUT2D eigenvalue weighted by Gasteiger charge is 2.46. The van der Waals surface area contributed by atoms with E-state index in [2.05, 4.69) is 0 Å². The molecule has 0 radical (unpaired) electrons. The number of esters is 1. The Hall–Kier alpha value is -3.16. The second-order valence-corrected chi connectivity index (χ2v) is 10.5. The van der Waals surface area contributed by atoms with E-state index in [-0.39, 0.29) is 30.6 Å². The molecule has 6 nitrogen and oxygen atoms in total. The van der Waals surface area contributed by atoms with Crippen LogP contribution in [0.4, 0.5) is 0 Å². The average Bonchev–Trinajstić information content (AvgIpc) is 2.87. The maximum Gasteiger partial charge on any atom is 0.316 e. The maximum atomic E-state index is 13.5. The van der Waals surface area contributed by atoms with Crippen molar-refractivity contribution in [1.82, 2.24) is 4.31 Å². The molecular weight excluding hydrogens is 450 g/mol. The SMILES string of the molecule is COc1ccccc1S(=O)(=O)N1CCC(C(=O)OCc2cccc(C)c2)(c2ccccc2)CC1. The normalized spacial score (nSPS) is 16.1. The van der Waals surface area contributed by atoms with Gasteiger partial charge in [0.1, 0.15) is 17.3 Å². The summed E-state index contributed by atoms with van der Waals surface area (Å²) in [4.78, 5) is 13.6. The Bertz CT molecular complexity index is 1250. The van der Waals surface area contributed by atoms with Gasteiger partial charge in [-0.15, -0.1) is 0 Å².